The molecule has 3 aromatic carbocycles. The van der Waals surface area contributed by atoms with Crippen molar-refractivity contribution in [3.63, 3.8) is 0 Å². The van der Waals surface area contributed by atoms with Crippen LogP contribution < -0.4 is 19.7 Å². The van der Waals surface area contributed by atoms with Gasteiger partial charge in [0.1, 0.15) is 11.2 Å². The predicted molar refractivity (Wildman–Crippen MR) is 184 cm³/mol. The van der Waals surface area contributed by atoms with Crippen LogP contribution in [-0.2, 0) is 34.6 Å². The maximum Gasteiger partial charge on any atom is 0.277 e. The number of hydrogen-bond donors (Lipinski definition) is 2. The van der Waals surface area contributed by atoms with Crippen molar-refractivity contribution in [1.29, 1.82) is 0 Å². The molecule has 14 heteroatoms. The minimum Gasteiger partial charge on any atom is -0.477 e. The summed E-state index contributed by atoms with van der Waals surface area (Å²) in [5.74, 6) is -3.37. The molecule has 4 amide bonds. The largest absolute Gasteiger partial charge is 0.477 e. The predicted octanol–water partition coefficient (Wildman–Crippen LogP) is 6.14. The Kier molecular flexibility index (Phi) is 9.66. The highest BCUT2D eigenvalue weighted by atomic mass is 35.5. The molecule has 0 bridgehead atoms. The van der Waals surface area contributed by atoms with Gasteiger partial charge in [0.25, 0.3) is 5.91 Å². The van der Waals surface area contributed by atoms with Crippen molar-refractivity contribution in [2.24, 2.45) is 0 Å². The Bertz CT molecular complexity index is 1960. The first kappa shape index (κ1) is 35.7. The molecular formula is C34H34Cl3N3O7S. The fraction of sp³-hybridized carbons (Fsp3) is 0.353. The number of fused-ring (bicyclic) bond motifs is 2. The van der Waals surface area contributed by atoms with Gasteiger partial charge < -0.3 is 10.1 Å². The third kappa shape index (κ3) is 6.06. The lowest BCUT2D eigenvalue weighted by Crippen LogP contribution is -2.59. The molecular weight excluding hydrogens is 701 g/mol. The van der Waals surface area contributed by atoms with Gasteiger partial charge >= 0.3 is 0 Å². The lowest BCUT2D eigenvalue weighted by atomic mass is 9.58. The van der Waals surface area contributed by atoms with E-state index in [2.05, 4.69) is 5.32 Å². The van der Waals surface area contributed by atoms with Gasteiger partial charge in [0.05, 0.1) is 18.0 Å². The molecule has 2 aliphatic heterocycles. The van der Waals surface area contributed by atoms with Gasteiger partial charge in [0.2, 0.25) is 27.7 Å². The molecule has 2 aliphatic rings. The summed E-state index contributed by atoms with van der Waals surface area (Å²) in [6.07, 6.45) is 0.776. The van der Waals surface area contributed by atoms with Crippen molar-refractivity contribution < 1.29 is 32.3 Å². The first-order valence-electron chi connectivity index (χ1n) is 15.2. The standard InChI is InChI=1S/C34H34Cl3N3O7S/c1-6-33(7-2,31(43)39-48(5,45)46)47-28-13-11-21(36)15-24(28)26-17-29(42)38-30(23-14-20(35)9-8-18(23)3)34(26)25-12-10-22(37)16-27(25)40(19(4)41)32(34)44/h8-16,26,30H,6-7,17H2,1-5H3,(H,38,42)(H,39,43). The Morgan fingerprint density at radius 1 is 0.979 bits per heavy atom. The second-order valence-electron chi connectivity index (χ2n) is 12.1. The number of amides is 4. The highest BCUT2D eigenvalue weighted by Gasteiger charge is 2.64. The van der Waals surface area contributed by atoms with Gasteiger partial charge in [0.15, 0.2) is 5.60 Å². The number of carbonyl (C=O) groups is 4. The van der Waals surface area contributed by atoms with Crippen molar-refractivity contribution in [2.45, 2.75) is 69.9 Å². The van der Waals surface area contributed by atoms with Crippen LogP contribution in [0.25, 0.3) is 0 Å². The number of ether oxygens (including phenoxy) is 1. The van der Waals surface area contributed by atoms with Gasteiger partial charge in [-0.25, -0.2) is 18.0 Å². The maximum absolute atomic E-state index is 15.1. The Morgan fingerprint density at radius 2 is 1.56 bits per heavy atom. The third-order valence-electron chi connectivity index (χ3n) is 9.26. The van der Waals surface area contributed by atoms with E-state index in [0.717, 1.165) is 16.7 Å². The van der Waals surface area contributed by atoms with E-state index in [4.69, 9.17) is 39.5 Å². The monoisotopic (exact) mass is 733 g/mol. The van der Waals surface area contributed by atoms with Crippen LogP contribution in [0, 0.1) is 6.92 Å². The molecule has 254 valence electrons. The molecule has 5 rings (SSSR count). The van der Waals surface area contributed by atoms with E-state index in [1.165, 1.54) is 25.1 Å². The molecule has 3 unspecified atom stereocenters. The number of halogens is 3. The highest BCUT2D eigenvalue weighted by Crippen LogP contribution is 2.61. The topological polar surface area (TPSA) is 139 Å². The molecule has 0 radical (unpaired) electrons. The number of nitrogens with one attached hydrogen (secondary N) is 2. The molecule has 1 fully saturated rings. The maximum atomic E-state index is 15.1. The summed E-state index contributed by atoms with van der Waals surface area (Å²) in [6.45, 7) is 6.45. The Morgan fingerprint density at radius 3 is 2.17 bits per heavy atom. The molecule has 3 aromatic rings. The average molecular weight is 735 g/mol. The summed E-state index contributed by atoms with van der Waals surface area (Å²) in [4.78, 5) is 56.6. The number of carbonyl (C=O) groups excluding carboxylic acids is 4. The van der Waals surface area contributed by atoms with Gasteiger partial charge in [-0.05, 0) is 78.9 Å². The number of aryl methyl sites for hydroxylation is 1. The van der Waals surface area contributed by atoms with Gasteiger partial charge in [-0.2, -0.15) is 0 Å². The van der Waals surface area contributed by atoms with Gasteiger partial charge in [-0.1, -0.05) is 60.8 Å². The fourth-order valence-corrected chi connectivity index (χ4v) is 8.03. The molecule has 0 aromatic heterocycles. The fourth-order valence-electron chi connectivity index (χ4n) is 6.98. The Balaban J connectivity index is 1.84. The Labute approximate surface area is 294 Å². The normalized spacial score (nSPS) is 20.8. The van der Waals surface area contributed by atoms with E-state index in [1.54, 1.807) is 50.2 Å². The van der Waals surface area contributed by atoms with Crippen LogP contribution in [0.1, 0.15) is 74.2 Å². The summed E-state index contributed by atoms with van der Waals surface area (Å²) in [5, 5.41) is 3.94. The van der Waals surface area contributed by atoms with Crippen LogP contribution in [0.5, 0.6) is 5.75 Å². The third-order valence-corrected chi connectivity index (χ3v) is 10.5. The SMILES string of the molecule is CCC(CC)(Oc1ccc(Cl)cc1C1CC(=O)NC(c2cc(Cl)ccc2C)C12C(=O)N(C(C)=O)c1cc(Cl)ccc12)C(=O)NS(C)(=O)=O. The number of anilines is 1. The number of piperidine rings is 1. The van der Waals surface area contributed by atoms with E-state index >= 15 is 4.79 Å². The summed E-state index contributed by atoms with van der Waals surface area (Å²) in [6, 6.07) is 13.5. The number of rotatable bonds is 8. The van der Waals surface area contributed by atoms with Gasteiger partial charge in [0, 0.05) is 39.9 Å². The summed E-state index contributed by atoms with van der Waals surface area (Å²) >= 11 is 19.5. The molecule has 1 saturated heterocycles. The number of benzene rings is 3. The number of hydrogen-bond acceptors (Lipinski definition) is 7. The zero-order valence-electron chi connectivity index (χ0n) is 26.8. The number of sulfonamides is 1. The van der Waals surface area contributed by atoms with Crippen LogP contribution in [0.15, 0.2) is 54.6 Å². The van der Waals surface area contributed by atoms with Crippen molar-refractivity contribution in [3.8, 4) is 5.75 Å². The minimum atomic E-state index is -3.94. The van der Waals surface area contributed by atoms with E-state index in [9.17, 15) is 22.8 Å². The minimum absolute atomic E-state index is 0.0753. The van der Waals surface area contributed by atoms with E-state index < -0.39 is 56.6 Å². The lowest BCUT2D eigenvalue weighted by Gasteiger charge is -2.47. The Hall–Kier alpha value is -3.64. The molecule has 0 saturated carbocycles. The highest BCUT2D eigenvalue weighted by molar-refractivity contribution is 7.89. The van der Waals surface area contributed by atoms with Crippen LogP contribution >= 0.6 is 34.8 Å². The second-order valence-corrected chi connectivity index (χ2v) is 15.2. The molecule has 10 nitrogen and oxygen atoms in total. The average Bonchev–Trinajstić information content (AvgIpc) is 3.25. The quantitative estimate of drug-likeness (QED) is 0.283. The zero-order valence-corrected chi connectivity index (χ0v) is 29.9. The van der Waals surface area contributed by atoms with Crippen LogP contribution in [-0.4, -0.2) is 43.9 Å². The molecule has 2 N–H and O–H groups in total. The van der Waals surface area contributed by atoms with Crippen LogP contribution in [0.3, 0.4) is 0 Å². The first-order chi connectivity index (χ1) is 22.5. The molecule has 3 atom stereocenters. The first-order valence-corrected chi connectivity index (χ1v) is 18.2. The summed E-state index contributed by atoms with van der Waals surface area (Å²) < 4.78 is 32.7. The van der Waals surface area contributed by atoms with Crippen LogP contribution in [0.4, 0.5) is 5.69 Å². The van der Waals surface area contributed by atoms with Crippen molar-refractivity contribution in [1.82, 2.24) is 10.0 Å². The van der Waals surface area contributed by atoms with Crippen LogP contribution in [0.2, 0.25) is 15.1 Å². The smallest absolute Gasteiger partial charge is 0.277 e. The zero-order chi connectivity index (χ0) is 35.3. The van der Waals surface area contributed by atoms with Crippen molar-refractivity contribution in [2.75, 3.05) is 11.2 Å². The molecule has 2 heterocycles. The second kappa shape index (κ2) is 13.0. The lowest BCUT2D eigenvalue weighted by molar-refractivity contribution is -0.137. The molecule has 0 aliphatic carbocycles. The van der Waals surface area contributed by atoms with E-state index in [0.29, 0.717) is 21.7 Å². The number of imide groups is 1. The van der Waals surface area contributed by atoms with E-state index in [1.807, 2.05) is 11.6 Å². The van der Waals surface area contributed by atoms with Gasteiger partial charge in [-0.15, -0.1) is 0 Å². The van der Waals surface area contributed by atoms with Crippen molar-refractivity contribution >= 4 is 74.1 Å². The molecule has 48 heavy (non-hydrogen) atoms. The van der Waals surface area contributed by atoms with Crippen molar-refractivity contribution in [3.05, 3.63) is 91.9 Å². The van der Waals surface area contributed by atoms with Gasteiger partial charge in [-0.3, -0.25) is 19.2 Å². The number of nitrogens with zero attached hydrogens (tertiary/aromatic N) is 1. The summed E-state index contributed by atoms with van der Waals surface area (Å²) in [7, 11) is -3.94. The summed E-state index contributed by atoms with van der Waals surface area (Å²) in [5.41, 5.74) is -1.05. The molecule has 1 spiro atoms. The van der Waals surface area contributed by atoms with E-state index in [-0.39, 0.29) is 40.7 Å².